The van der Waals surface area contributed by atoms with E-state index in [1.165, 1.54) is 5.56 Å². The minimum absolute atomic E-state index is 0.130. The number of nitrogens with zero attached hydrogens (tertiary/aromatic N) is 4. The highest BCUT2D eigenvalue weighted by Crippen LogP contribution is 2.25. The summed E-state index contributed by atoms with van der Waals surface area (Å²) in [6, 6.07) is 16.5. The second-order valence-corrected chi connectivity index (χ2v) is 10.2. The standard InChI is InChI=1S/C28H33N5O2S/c1-2-22-19-26(33-17-15-32(16-18-33)14-6-9-21-7-4-3-5-8-21)31-28(30-22)36-20-24-12-13-25(35-24)27(34)29-23-10-11-23/h3-9,12-13,19,23H,2,10-11,14-18,20H2,1H3,(H,29,34). The van der Waals surface area contributed by atoms with Gasteiger partial charge in [-0.25, -0.2) is 9.97 Å². The van der Waals surface area contributed by atoms with Gasteiger partial charge in [0, 0.05) is 50.5 Å². The number of hydrogen-bond donors (Lipinski definition) is 1. The normalized spacial score (nSPS) is 16.5. The Labute approximate surface area is 217 Å². The van der Waals surface area contributed by atoms with Crippen molar-refractivity contribution in [3.05, 3.63) is 77.4 Å². The van der Waals surface area contributed by atoms with E-state index in [-0.39, 0.29) is 5.91 Å². The molecule has 1 N–H and O–H groups in total. The third-order valence-electron chi connectivity index (χ3n) is 6.42. The summed E-state index contributed by atoms with van der Waals surface area (Å²) in [6.07, 6.45) is 7.41. The lowest BCUT2D eigenvalue weighted by atomic mass is 10.2. The van der Waals surface area contributed by atoms with Gasteiger partial charge in [-0.2, -0.15) is 0 Å². The number of hydrogen-bond acceptors (Lipinski definition) is 7. The van der Waals surface area contributed by atoms with Crippen LogP contribution in [-0.2, 0) is 12.2 Å². The van der Waals surface area contributed by atoms with Gasteiger partial charge in [0.1, 0.15) is 11.6 Å². The third-order valence-corrected chi connectivity index (χ3v) is 7.29. The van der Waals surface area contributed by atoms with Crippen LogP contribution >= 0.6 is 11.8 Å². The van der Waals surface area contributed by atoms with Crippen LogP contribution in [0.5, 0.6) is 0 Å². The average Bonchev–Trinajstić information content (AvgIpc) is 3.60. The minimum atomic E-state index is -0.130. The lowest BCUT2D eigenvalue weighted by Crippen LogP contribution is -2.46. The summed E-state index contributed by atoms with van der Waals surface area (Å²) < 4.78 is 5.76. The average molecular weight is 504 g/mol. The molecule has 1 aliphatic carbocycles. The molecular weight excluding hydrogens is 470 g/mol. The van der Waals surface area contributed by atoms with E-state index in [2.05, 4.69) is 64.5 Å². The molecule has 2 fully saturated rings. The van der Waals surface area contributed by atoms with Gasteiger partial charge in [-0.3, -0.25) is 9.69 Å². The largest absolute Gasteiger partial charge is 0.455 e. The molecule has 0 atom stereocenters. The smallest absolute Gasteiger partial charge is 0.287 e. The fourth-order valence-electron chi connectivity index (χ4n) is 4.13. The fraction of sp³-hybridized carbons (Fsp3) is 0.393. The molecule has 1 aromatic carbocycles. The second kappa shape index (κ2) is 11.8. The summed E-state index contributed by atoms with van der Waals surface area (Å²) in [7, 11) is 0. The number of nitrogens with one attached hydrogen (secondary N) is 1. The van der Waals surface area contributed by atoms with Gasteiger partial charge in [0.05, 0.1) is 5.75 Å². The first-order valence-electron chi connectivity index (χ1n) is 12.8. The zero-order chi connectivity index (χ0) is 24.7. The van der Waals surface area contributed by atoms with Crippen molar-refractivity contribution in [2.45, 2.75) is 43.1 Å². The van der Waals surface area contributed by atoms with Crippen LogP contribution in [0.4, 0.5) is 5.82 Å². The van der Waals surface area contributed by atoms with Gasteiger partial charge >= 0.3 is 0 Å². The first-order valence-corrected chi connectivity index (χ1v) is 13.7. The summed E-state index contributed by atoms with van der Waals surface area (Å²) >= 11 is 1.55. The Morgan fingerprint density at radius 1 is 1.11 bits per heavy atom. The SMILES string of the molecule is CCc1cc(N2CCN(CC=Cc3ccccc3)CC2)nc(SCc2ccc(C(=O)NC3CC3)o2)n1. The summed E-state index contributed by atoms with van der Waals surface area (Å²) in [6.45, 7) is 6.98. The molecule has 5 rings (SSSR count). The van der Waals surface area contributed by atoms with Crippen LogP contribution in [0.25, 0.3) is 6.08 Å². The Kier molecular flexibility index (Phi) is 8.03. The predicted octanol–water partition coefficient (Wildman–Crippen LogP) is 4.65. The first kappa shape index (κ1) is 24.6. The zero-order valence-corrected chi connectivity index (χ0v) is 21.5. The van der Waals surface area contributed by atoms with Gasteiger partial charge in [-0.05, 0) is 37.0 Å². The summed E-state index contributed by atoms with van der Waals surface area (Å²) in [5, 5.41) is 3.71. The number of benzene rings is 1. The Balaban J connectivity index is 1.15. The molecule has 188 valence electrons. The molecule has 36 heavy (non-hydrogen) atoms. The number of carbonyl (C=O) groups excluding carboxylic acids is 1. The molecule has 3 heterocycles. The topological polar surface area (TPSA) is 74.5 Å². The number of furan rings is 1. The Bertz CT molecular complexity index is 1180. The number of aryl methyl sites for hydroxylation is 1. The van der Waals surface area contributed by atoms with E-state index in [0.717, 1.165) is 74.4 Å². The van der Waals surface area contributed by atoms with Crippen LogP contribution in [0.1, 0.15) is 47.3 Å². The van der Waals surface area contributed by atoms with Gasteiger partial charge in [0.2, 0.25) is 0 Å². The lowest BCUT2D eigenvalue weighted by molar-refractivity contribution is 0.0922. The third kappa shape index (κ3) is 6.77. The molecule has 0 radical (unpaired) electrons. The van der Waals surface area contributed by atoms with E-state index in [1.54, 1.807) is 17.8 Å². The van der Waals surface area contributed by atoms with E-state index >= 15 is 0 Å². The fourth-order valence-corrected chi connectivity index (χ4v) is 4.89. The number of piperazine rings is 1. The van der Waals surface area contributed by atoms with E-state index in [1.807, 2.05) is 12.1 Å². The maximum Gasteiger partial charge on any atom is 0.287 e. The van der Waals surface area contributed by atoms with E-state index in [9.17, 15) is 4.79 Å². The predicted molar refractivity (Wildman–Crippen MR) is 144 cm³/mol. The Morgan fingerprint density at radius 2 is 1.92 bits per heavy atom. The van der Waals surface area contributed by atoms with Crippen LogP contribution in [-0.4, -0.2) is 59.5 Å². The molecule has 7 nitrogen and oxygen atoms in total. The van der Waals surface area contributed by atoms with Crippen molar-refractivity contribution in [2.24, 2.45) is 0 Å². The van der Waals surface area contributed by atoms with Gasteiger partial charge in [-0.15, -0.1) is 0 Å². The van der Waals surface area contributed by atoms with Crippen LogP contribution in [0.2, 0.25) is 0 Å². The van der Waals surface area contributed by atoms with Crippen LogP contribution in [0.3, 0.4) is 0 Å². The van der Waals surface area contributed by atoms with Crippen molar-refractivity contribution in [1.82, 2.24) is 20.2 Å². The number of anilines is 1. The number of carbonyl (C=O) groups is 1. The van der Waals surface area contributed by atoms with Gasteiger partial charge in [0.25, 0.3) is 5.91 Å². The van der Waals surface area contributed by atoms with E-state index in [0.29, 0.717) is 17.6 Å². The molecule has 1 saturated carbocycles. The quantitative estimate of drug-likeness (QED) is 0.319. The monoisotopic (exact) mass is 503 g/mol. The van der Waals surface area contributed by atoms with Crippen molar-refractivity contribution in [3.8, 4) is 0 Å². The lowest BCUT2D eigenvalue weighted by Gasteiger charge is -2.35. The number of aromatic nitrogens is 2. The van der Waals surface area contributed by atoms with Crippen LogP contribution in [0, 0.1) is 0 Å². The van der Waals surface area contributed by atoms with Gasteiger partial charge in [-0.1, -0.05) is 61.2 Å². The van der Waals surface area contributed by atoms with Crippen molar-refractivity contribution in [1.29, 1.82) is 0 Å². The van der Waals surface area contributed by atoms with Crippen molar-refractivity contribution >= 4 is 29.6 Å². The minimum Gasteiger partial charge on any atom is -0.455 e. The maximum atomic E-state index is 12.2. The molecule has 0 unspecified atom stereocenters. The molecular formula is C28H33N5O2S. The number of thioether (sulfide) groups is 1. The highest BCUT2D eigenvalue weighted by atomic mass is 32.2. The van der Waals surface area contributed by atoms with Gasteiger partial charge < -0.3 is 14.6 Å². The summed E-state index contributed by atoms with van der Waals surface area (Å²) in [5.41, 5.74) is 2.28. The highest BCUT2D eigenvalue weighted by molar-refractivity contribution is 7.98. The summed E-state index contributed by atoms with van der Waals surface area (Å²) in [5.74, 6) is 2.58. The molecule has 2 aromatic heterocycles. The number of rotatable bonds is 10. The molecule has 0 bridgehead atoms. The summed E-state index contributed by atoms with van der Waals surface area (Å²) in [4.78, 5) is 26.6. The Morgan fingerprint density at radius 3 is 2.67 bits per heavy atom. The Hall–Kier alpha value is -3.10. The highest BCUT2D eigenvalue weighted by Gasteiger charge is 2.25. The van der Waals surface area contributed by atoms with Gasteiger partial charge in [0.15, 0.2) is 10.9 Å². The molecule has 1 amide bonds. The van der Waals surface area contributed by atoms with Crippen molar-refractivity contribution in [2.75, 3.05) is 37.6 Å². The molecule has 0 spiro atoms. The number of amides is 1. The molecule has 1 aliphatic heterocycles. The van der Waals surface area contributed by atoms with Crippen molar-refractivity contribution in [3.63, 3.8) is 0 Å². The molecule has 2 aliphatic rings. The molecule has 3 aromatic rings. The molecule has 1 saturated heterocycles. The molecule has 8 heteroatoms. The maximum absolute atomic E-state index is 12.2. The van der Waals surface area contributed by atoms with Crippen LogP contribution < -0.4 is 10.2 Å². The first-order chi connectivity index (χ1) is 17.7. The van der Waals surface area contributed by atoms with E-state index < -0.39 is 0 Å². The van der Waals surface area contributed by atoms with Crippen molar-refractivity contribution < 1.29 is 9.21 Å². The zero-order valence-electron chi connectivity index (χ0n) is 20.7. The second-order valence-electron chi connectivity index (χ2n) is 9.26. The van der Waals surface area contributed by atoms with Crippen LogP contribution in [0.15, 0.2) is 64.2 Å². The van der Waals surface area contributed by atoms with E-state index in [4.69, 9.17) is 14.4 Å².